The van der Waals surface area contributed by atoms with Crippen LogP contribution in [0.3, 0.4) is 0 Å². The van der Waals surface area contributed by atoms with Gasteiger partial charge >= 0.3 is 5.97 Å². The lowest BCUT2D eigenvalue weighted by molar-refractivity contribution is 0.0696. The molecule has 108 valence electrons. The fraction of sp³-hybridized carbons (Fsp3) is 0.533. The van der Waals surface area contributed by atoms with Crippen LogP contribution < -0.4 is 0 Å². The molecule has 2 fully saturated rings. The van der Waals surface area contributed by atoms with Crippen LogP contribution in [0.4, 0.5) is 0 Å². The van der Waals surface area contributed by atoms with Gasteiger partial charge in [-0.3, -0.25) is 9.80 Å². The lowest BCUT2D eigenvalue weighted by Gasteiger charge is -2.37. The van der Waals surface area contributed by atoms with E-state index in [9.17, 15) is 4.79 Å². The lowest BCUT2D eigenvalue weighted by atomic mass is 10.1. The Balaban J connectivity index is 1.71. The van der Waals surface area contributed by atoms with E-state index in [4.69, 9.17) is 16.7 Å². The summed E-state index contributed by atoms with van der Waals surface area (Å²) in [7, 11) is 0. The van der Waals surface area contributed by atoms with Crippen LogP contribution in [0, 0.1) is 0 Å². The summed E-state index contributed by atoms with van der Waals surface area (Å²) in [6.45, 7) is 5.18. The zero-order valence-electron chi connectivity index (χ0n) is 11.4. The molecule has 2 aliphatic heterocycles. The summed E-state index contributed by atoms with van der Waals surface area (Å²) >= 11 is 6.20. The average Bonchev–Trinajstić information content (AvgIpc) is 2.88. The highest BCUT2D eigenvalue weighted by atomic mass is 35.5. The summed E-state index contributed by atoms with van der Waals surface area (Å²) in [6.07, 6.45) is 2.58. The Kier molecular flexibility index (Phi) is 3.96. The van der Waals surface area contributed by atoms with E-state index in [1.807, 2.05) is 0 Å². The number of aromatic carboxylic acids is 1. The van der Waals surface area contributed by atoms with Crippen LogP contribution in [0.5, 0.6) is 0 Å². The Morgan fingerprint density at radius 3 is 3.00 bits per heavy atom. The van der Waals surface area contributed by atoms with Gasteiger partial charge in [0.05, 0.1) is 5.56 Å². The van der Waals surface area contributed by atoms with Gasteiger partial charge in [0, 0.05) is 37.2 Å². The van der Waals surface area contributed by atoms with E-state index in [0.717, 1.165) is 31.7 Å². The quantitative estimate of drug-likeness (QED) is 0.929. The van der Waals surface area contributed by atoms with Crippen molar-refractivity contribution >= 4 is 17.6 Å². The molecule has 20 heavy (non-hydrogen) atoms. The maximum atomic E-state index is 11.0. The van der Waals surface area contributed by atoms with Gasteiger partial charge in [0.15, 0.2) is 0 Å². The van der Waals surface area contributed by atoms with E-state index >= 15 is 0 Å². The third kappa shape index (κ3) is 2.82. The molecule has 0 saturated carbocycles. The number of halogens is 1. The normalized spacial score (nSPS) is 23.8. The first kappa shape index (κ1) is 13.9. The molecule has 0 radical (unpaired) electrons. The third-order valence-electron chi connectivity index (χ3n) is 4.36. The fourth-order valence-corrected chi connectivity index (χ4v) is 3.45. The van der Waals surface area contributed by atoms with Crippen LogP contribution >= 0.6 is 11.6 Å². The smallest absolute Gasteiger partial charge is 0.335 e. The van der Waals surface area contributed by atoms with Gasteiger partial charge in [0.25, 0.3) is 0 Å². The zero-order valence-corrected chi connectivity index (χ0v) is 12.1. The highest BCUT2D eigenvalue weighted by Gasteiger charge is 2.30. The maximum absolute atomic E-state index is 11.0. The van der Waals surface area contributed by atoms with E-state index < -0.39 is 5.97 Å². The zero-order chi connectivity index (χ0) is 14.1. The SMILES string of the molecule is O=C(O)c1ccc(Cl)c(CN2CCN3CCCC3C2)c1. The summed E-state index contributed by atoms with van der Waals surface area (Å²) in [5.41, 5.74) is 1.22. The monoisotopic (exact) mass is 294 g/mol. The molecule has 5 heteroatoms. The van der Waals surface area contributed by atoms with Gasteiger partial charge in [-0.25, -0.2) is 4.79 Å². The molecule has 2 aliphatic rings. The fourth-order valence-electron chi connectivity index (χ4n) is 3.27. The minimum absolute atomic E-state index is 0.309. The molecule has 0 aromatic heterocycles. The van der Waals surface area contributed by atoms with Crippen molar-refractivity contribution in [2.75, 3.05) is 26.2 Å². The van der Waals surface area contributed by atoms with Crippen LogP contribution in [0.15, 0.2) is 18.2 Å². The van der Waals surface area contributed by atoms with Crippen molar-refractivity contribution in [2.45, 2.75) is 25.4 Å². The largest absolute Gasteiger partial charge is 0.478 e. The summed E-state index contributed by atoms with van der Waals surface area (Å²) in [6, 6.07) is 5.62. The Hall–Kier alpha value is -1.10. The highest BCUT2D eigenvalue weighted by Crippen LogP contribution is 2.25. The van der Waals surface area contributed by atoms with Gasteiger partial charge in [-0.1, -0.05) is 11.6 Å². The van der Waals surface area contributed by atoms with Crippen LogP contribution in [-0.2, 0) is 6.54 Å². The second-order valence-corrected chi connectivity index (χ2v) is 6.09. The number of benzene rings is 1. The summed E-state index contributed by atoms with van der Waals surface area (Å²) < 4.78 is 0. The molecule has 0 aliphatic carbocycles. The first-order chi connectivity index (χ1) is 9.63. The number of rotatable bonds is 3. The molecule has 3 rings (SSSR count). The Bertz CT molecular complexity index is 521. The molecule has 1 aromatic carbocycles. The van der Waals surface area contributed by atoms with Crippen LogP contribution in [0.2, 0.25) is 5.02 Å². The number of hydrogen-bond acceptors (Lipinski definition) is 3. The predicted molar refractivity (Wildman–Crippen MR) is 78.3 cm³/mol. The molecule has 0 spiro atoms. The van der Waals surface area contributed by atoms with Crippen LogP contribution in [-0.4, -0.2) is 53.1 Å². The van der Waals surface area contributed by atoms with Gasteiger partial charge < -0.3 is 5.11 Å². The number of piperazine rings is 1. The number of nitrogens with zero attached hydrogens (tertiary/aromatic N) is 2. The Morgan fingerprint density at radius 1 is 1.35 bits per heavy atom. The van der Waals surface area contributed by atoms with Crippen molar-refractivity contribution in [1.29, 1.82) is 0 Å². The standard InChI is InChI=1S/C15H19ClN2O2/c16-14-4-3-11(15(19)20)8-12(14)9-17-6-7-18-5-1-2-13(18)10-17/h3-4,8,13H,1-2,5-7,9-10H2,(H,19,20). The van der Waals surface area contributed by atoms with E-state index in [0.29, 0.717) is 16.6 Å². The van der Waals surface area contributed by atoms with Gasteiger partial charge in [0.2, 0.25) is 0 Å². The molecule has 2 saturated heterocycles. The van der Waals surface area contributed by atoms with Gasteiger partial charge in [-0.2, -0.15) is 0 Å². The minimum Gasteiger partial charge on any atom is -0.478 e. The van der Waals surface area contributed by atoms with Crippen molar-refractivity contribution in [3.63, 3.8) is 0 Å². The molecular formula is C15H19ClN2O2. The maximum Gasteiger partial charge on any atom is 0.335 e. The lowest BCUT2D eigenvalue weighted by Crippen LogP contribution is -2.49. The third-order valence-corrected chi connectivity index (χ3v) is 4.73. The number of carboxylic acids is 1. The van der Waals surface area contributed by atoms with Crippen molar-refractivity contribution < 1.29 is 9.90 Å². The molecule has 0 bridgehead atoms. The highest BCUT2D eigenvalue weighted by molar-refractivity contribution is 6.31. The first-order valence-corrected chi connectivity index (χ1v) is 7.49. The topological polar surface area (TPSA) is 43.8 Å². The van der Waals surface area contributed by atoms with E-state index in [1.165, 1.54) is 19.4 Å². The number of carboxylic acid groups (broad SMARTS) is 1. The molecule has 1 N–H and O–H groups in total. The molecule has 1 aromatic rings. The average molecular weight is 295 g/mol. The number of fused-ring (bicyclic) bond motifs is 1. The predicted octanol–water partition coefficient (Wildman–Crippen LogP) is 2.32. The van der Waals surface area contributed by atoms with Crippen molar-refractivity contribution in [3.8, 4) is 0 Å². The number of carbonyl (C=O) groups is 1. The summed E-state index contributed by atoms with van der Waals surface area (Å²) in [4.78, 5) is 16.0. The van der Waals surface area contributed by atoms with Crippen molar-refractivity contribution in [1.82, 2.24) is 9.80 Å². The van der Waals surface area contributed by atoms with E-state index in [2.05, 4.69) is 9.80 Å². The van der Waals surface area contributed by atoms with Gasteiger partial charge in [0.1, 0.15) is 0 Å². The van der Waals surface area contributed by atoms with Crippen molar-refractivity contribution in [3.05, 3.63) is 34.3 Å². The minimum atomic E-state index is -0.900. The Labute approximate surface area is 123 Å². The van der Waals surface area contributed by atoms with Crippen molar-refractivity contribution in [2.24, 2.45) is 0 Å². The second kappa shape index (κ2) is 5.72. The second-order valence-electron chi connectivity index (χ2n) is 5.68. The molecule has 2 heterocycles. The van der Waals surface area contributed by atoms with Crippen LogP contribution in [0.1, 0.15) is 28.8 Å². The molecule has 1 atom stereocenters. The summed E-state index contributed by atoms with van der Waals surface area (Å²) in [5, 5.41) is 9.72. The van der Waals surface area contributed by atoms with Crippen LogP contribution in [0.25, 0.3) is 0 Å². The van der Waals surface area contributed by atoms with E-state index in [1.54, 1.807) is 18.2 Å². The van der Waals surface area contributed by atoms with Gasteiger partial charge in [-0.15, -0.1) is 0 Å². The molecule has 4 nitrogen and oxygen atoms in total. The Morgan fingerprint density at radius 2 is 2.20 bits per heavy atom. The van der Waals surface area contributed by atoms with E-state index in [-0.39, 0.29) is 0 Å². The first-order valence-electron chi connectivity index (χ1n) is 7.11. The summed E-state index contributed by atoms with van der Waals surface area (Å²) in [5.74, 6) is -0.900. The molecular weight excluding hydrogens is 276 g/mol. The van der Waals surface area contributed by atoms with Gasteiger partial charge in [-0.05, 0) is 43.1 Å². The number of hydrogen-bond donors (Lipinski definition) is 1. The molecule has 1 unspecified atom stereocenters. The molecule has 0 amide bonds.